The molecule has 1 heterocycles. The third-order valence-electron chi connectivity index (χ3n) is 7.16. The minimum absolute atomic E-state index is 0.222. The van der Waals surface area contributed by atoms with Gasteiger partial charge in [-0.25, -0.2) is 9.97 Å². The second-order valence-corrected chi connectivity index (χ2v) is 9.25. The van der Waals surface area contributed by atoms with Gasteiger partial charge in [-0.05, 0) is 37.1 Å². The number of hydrogen-bond donors (Lipinski definition) is 0. The average molecular weight is 468 g/mol. The zero-order chi connectivity index (χ0) is 24.9. The molecule has 0 spiro atoms. The predicted octanol–water partition coefficient (Wildman–Crippen LogP) is 4.33. The van der Waals surface area contributed by atoms with E-state index in [9.17, 15) is 19.2 Å². The van der Waals surface area contributed by atoms with Gasteiger partial charge in [-0.3, -0.25) is 19.2 Å². The highest BCUT2D eigenvalue weighted by Crippen LogP contribution is 2.29. The first-order valence-corrected chi connectivity index (χ1v) is 11.5. The molecule has 0 aliphatic carbocycles. The maximum Gasteiger partial charge on any atom is 0.196 e. The number of hydrogen-bond acceptors (Lipinski definition) is 6. The first-order chi connectivity index (χ1) is 17.4. The van der Waals surface area contributed by atoms with Crippen molar-refractivity contribution >= 4 is 65.2 Å². The minimum Gasteiger partial charge on any atom is -0.289 e. The molecule has 0 unspecified atom stereocenters. The summed E-state index contributed by atoms with van der Waals surface area (Å²) in [4.78, 5) is 63.4. The standard InChI is InChI=1S/C30H16N2O4/c1-13-11-19-25(23-21(13)27(33)15-7-3-5-9-17(15)29(23)35)32-20-12-14(2)22-24(26(20)31-19)30(36)18-10-6-4-8-16(18)28(22)34/h3-12H,1-2H3. The molecule has 7 rings (SSSR count). The molecule has 0 aliphatic heterocycles. The lowest BCUT2D eigenvalue weighted by Crippen LogP contribution is -2.16. The lowest BCUT2D eigenvalue weighted by Gasteiger charge is -2.11. The summed E-state index contributed by atoms with van der Waals surface area (Å²) < 4.78 is 0. The molecule has 0 amide bonds. The number of fused-ring (bicyclic) bond motifs is 8. The summed E-state index contributed by atoms with van der Waals surface area (Å²) in [6.45, 7) is 3.53. The zero-order valence-electron chi connectivity index (χ0n) is 19.3. The molecule has 0 N–H and O–H groups in total. The number of aryl methyl sites for hydroxylation is 2. The molecule has 0 saturated carbocycles. The van der Waals surface area contributed by atoms with Crippen LogP contribution in [-0.2, 0) is 0 Å². The van der Waals surface area contributed by atoms with Crippen LogP contribution in [0.15, 0.2) is 79.8 Å². The fraction of sp³-hybridized carbons (Fsp3) is 0.0667. The van der Waals surface area contributed by atoms with E-state index in [4.69, 9.17) is 9.97 Å². The third-order valence-corrected chi connectivity index (χ3v) is 7.16. The molecule has 1 aromatic heterocycles. The number of nitrogens with zero attached hydrogens (tertiary/aromatic N) is 2. The van der Waals surface area contributed by atoms with Gasteiger partial charge < -0.3 is 0 Å². The summed E-state index contributed by atoms with van der Waals surface area (Å²) in [6, 6.07) is 17.0. The Morgan fingerprint density at radius 2 is 0.778 bits per heavy atom. The molecule has 6 nitrogen and oxygen atoms in total. The first-order valence-electron chi connectivity index (χ1n) is 11.5. The first kappa shape index (κ1) is 20.5. The number of benzene rings is 6. The fourth-order valence-electron chi connectivity index (χ4n) is 5.54. The van der Waals surface area contributed by atoms with Crippen molar-refractivity contribution < 1.29 is 0 Å². The van der Waals surface area contributed by atoms with Crippen LogP contribution in [0, 0.1) is 13.8 Å². The summed E-state index contributed by atoms with van der Waals surface area (Å²) in [5.41, 5.74) is 1.61. The van der Waals surface area contributed by atoms with Gasteiger partial charge in [0.1, 0.15) is 11.0 Å². The molecular formula is C30H16N2O4. The molecule has 0 atom stereocenters. The van der Waals surface area contributed by atoms with E-state index in [0.29, 0.717) is 65.5 Å². The summed E-state index contributed by atoms with van der Waals surface area (Å²) in [6.07, 6.45) is 0. The second kappa shape index (κ2) is 6.86. The highest BCUT2D eigenvalue weighted by Gasteiger charge is 2.20. The van der Waals surface area contributed by atoms with Crippen molar-refractivity contribution in [3.63, 3.8) is 0 Å². The Kier molecular flexibility index (Phi) is 3.91. The Morgan fingerprint density at radius 1 is 0.472 bits per heavy atom. The summed E-state index contributed by atoms with van der Waals surface area (Å²) in [7, 11) is 0. The van der Waals surface area contributed by atoms with Gasteiger partial charge in [0.05, 0.1) is 21.8 Å². The number of aromatic nitrogens is 2. The van der Waals surface area contributed by atoms with E-state index in [1.165, 1.54) is 0 Å². The topological polar surface area (TPSA) is 94.1 Å². The van der Waals surface area contributed by atoms with Crippen LogP contribution in [0.25, 0.3) is 65.2 Å². The van der Waals surface area contributed by atoms with Gasteiger partial charge in [0.15, 0.2) is 21.7 Å². The molecular weight excluding hydrogens is 452 g/mol. The van der Waals surface area contributed by atoms with E-state index in [0.717, 1.165) is 0 Å². The molecule has 0 fully saturated rings. The van der Waals surface area contributed by atoms with Crippen molar-refractivity contribution in [3.05, 3.63) is 113 Å². The summed E-state index contributed by atoms with van der Waals surface area (Å²) >= 11 is 0. The summed E-state index contributed by atoms with van der Waals surface area (Å²) in [5.74, 6) is 0. The van der Waals surface area contributed by atoms with E-state index >= 15 is 0 Å². The Labute approximate surface area is 201 Å². The van der Waals surface area contributed by atoms with Crippen LogP contribution in [0.3, 0.4) is 0 Å². The Bertz CT molecular complexity index is 2200. The van der Waals surface area contributed by atoms with Gasteiger partial charge in [0, 0.05) is 32.3 Å². The van der Waals surface area contributed by atoms with Crippen LogP contribution < -0.4 is 21.7 Å². The minimum atomic E-state index is -0.280. The molecule has 0 aliphatic rings. The molecule has 170 valence electrons. The maximum absolute atomic E-state index is 13.6. The van der Waals surface area contributed by atoms with Crippen LogP contribution in [0.2, 0.25) is 0 Å². The largest absolute Gasteiger partial charge is 0.289 e. The van der Waals surface area contributed by atoms with Crippen molar-refractivity contribution in [1.82, 2.24) is 9.97 Å². The molecule has 0 bridgehead atoms. The molecule has 6 aromatic carbocycles. The van der Waals surface area contributed by atoms with Crippen molar-refractivity contribution in [3.8, 4) is 0 Å². The van der Waals surface area contributed by atoms with Gasteiger partial charge in [-0.2, -0.15) is 0 Å². The van der Waals surface area contributed by atoms with Crippen LogP contribution in [-0.4, -0.2) is 9.97 Å². The normalized spacial score (nSPS) is 12.1. The van der Waals surface area contributed by atoms with Crippen LogP contribution in [0.5, 0.6) is 0 Å². The van der Waals surface area contributed by atoms with Gasteiger partial charge >= 0.3 is 0 Å². The monoisotopic (exact) mass is 468 g/mol. The van der Waals surface area contributed by atoms with E-state index in [1.54, 1.807) is 74.5 Å². The SMILES string of the molecule is Cc1cc2nc3c(cc(C)c4c(=O)c5ccccc5c(=O)c43)nc2c2c(=O)c3ccccc3c(=O)c12. The van der Waals surface area contributed by atoms with Crippen molar-refractivity contribution in [1.29, 1.82) is 0 Å². The highest BCUT2D eigenvalue weighted by molar-refractivity contribution is 6.15. The van der Waals surface area contributed by atoms with E-state index in [2.05, 4.69) is 0 Å². The Hall–Kier alpha value is -4.84. The average Bonchev–Trinajstić information content (AvgIpc) is 2.88. The van der Waals surface area contributed by atoms with Gasteiger partial charge in [0.2, 0.25) is 0 Å². The quantitative estimate of drug-likeness (QED) is 0.243. The Balaban J connectivity index is 1.77. The Morgan fingerprint density at radius 3 is 1.11 bits per heavy atom. The van der Waals surface area contributed by atoms with Crippen LogP contribution in [0.1, 0.15) is 11.1 Å². The van der Waals surface area contributed by atoms with Gasteiger partial charge in [0.25, 0.3) is 0 Å². The smallest absolute Gasteiger partial charge is 0.196 e. The molecule has 7 aromatic rings. The molecule has 6 heteroatoms. The second-order valence-electron chi connectivity index (χ2n) is 9.25. The third kappa shape index (κ3) is 2.45. The van der Waals surface area contributed by atoms with Crippen molar-refractivity contribution in [2.45, 2.75) is 13.8 Å². The lowest BCUT2D eigenvalue weighted by atomic mass is 9.96. The van der Waals surface area contributed by atoms with E-state index < -0.39 is 0 Å². The van der Waals surface area contributed by atoms with Crippen LogP contribution >= 0.6 is 0 Å². The highest BCUT2D eigenvalue weighted by atomic mass is 16.1. The fourth-order valence-corrected chi connectivity index (χ4v) is 5.54. The van der Waals surface area contributed by atoms with Crippen LogP contribution in [0.4, 0.5) is 0 Å². The summed E-state index contributed by atoms with van der Waals surface area (Å²) in [5, 5.41) is 2.53. The lowest BCUT2D eigenvalue weighted by molar-refractivity contribution is 1.38. The van der Waals surface area contributed by atoms with Gasteiger partial charge in [-0.15, -0.1) is 0 Å². The van der Waals surface area contributed by atoms with Gasteiger partial charge in [-0.1, -0.05) is 48.5 Å². The van der Waals surface area contributed by atoms with E-state index in [-0.39, 0.29) is 32.5 Å². The van der Waals surface area contributed by atoms with Crippen molar-refractivity contribution in [2.75, 3.05) is 0 Å². The van der Waals surface area contributed by atoms with Crippen molar-refractivity contribution in [2.24, 2.45) is 0 Å². The maximum atomic E-state index is 13.6. The molecule has 0 saturated heterocycles. The zero-order valence-corrected chi connectivity index (χ0v) is 19.3. The molecule has 36 heavy (non-hydrogen) atoms. The predicted molar refractivity (Wildman–Crippen MR) is 144 cm³/mol. The molecule has 0 radical (unpaired) electrons. The van der Waals surface area contributed by atoms with E-state index in [1.807, 2.05) is 0 Å². The number of rotatable bonds is 0.